The molecule has 5 heteroatoms. The summed E-state index contributed by atoms with van der Waals surface area (Å²) in [6.07, 6.45) is 0. The number of carbonyl (C=O) groups is 2. The zero-order valence-corrected chi connectivity index (χ0v) is 10.5. The van der Waals surface area contributed by atoms with Gasteiger partial charge in [-0.1, -0.05) is 30.3 Å². The fourth-order valence-electron chi connectivity index (χ4n) is 1.56. The van der Waals surface area contributed by atoms with Crippen LogP contribution in [0.25, 0.3) is 0 Å². The summed E-state index contributed by atoms with van der Waals surface area (Å²) in [5.74, 6) is -1.22. The molecule has 1 unspecified atom stereocenters. The van der Waals surface area contributed by atoms with Gasteiger partial charge in [0, 0.05) is 6.04 Å². The molecule has 0 fully saturated rings. The number of rotatable bonds is 6. The average Bonchev–Trinajstić information content (AvgIpc) is 2.29. The lowest BCUT2D eigenvalue weighted by atomic mass is 10.1. The minimum Gasteiger partial charge on any atom is -0.480 e. The van der Waals surface area contributed by atoms with Crippen molar-refractivity contribution in [1.29, 1.82) is 0 Å². The SMILES string of the molecule is CC(C)NC(=O)CNC(C(=O)O)c1ccccc1. The summed E-state index contributed by atoms with van der Waals surface area (Å²) < 4.78 is 0. The van der Waals surface area contributed by atoms with Crippen LogP contribution in [0, 0.1) is 0 Å². The van der Waals surface area contributed by atoms with E-state index in [4.69, 9.17) is 5.11 Å². The molecule has 0 aliphatic carbocycles. The Morgan fingerprint density at radius 2 is 1.83 bits per heavy atom. The molecule has 0 aliphatic heterocycles. The summed E-state index contributed by atoms with van der Waals surface area (Å²) in [5, 5.41) is 14.6. The highest BCUT2D eigenvalue weighted by Gasteiger charge is 2.19. The van der Waals surface area contributed by atoms with E-state index in [-0.39, 0.29) is 18.5 Å². The standard InChI is InChI=1S/C13H18N2O3/c1-9(2)15-11(16)8-14-12(13(17)18)10-6-4-3-5-7-10/h3-7,9,12,14H,8H2,1-2H3,(H,15,16)(H,17,18). The largest absolute Gasteiger partial charge is 0.480 e. The van der Waals surface area contributed by atoms with Crippen LogP contribution in [0.15, 0.2) is 30.3 Å². The number of carbonyl (C=O) groups excluding carboxylic acids is 1. The van der Waals surface area contributed by atoms with Crippen molar-refractivity contribution in [2.45, 2.75) is 25.9 Å². The van der Waals surface area contributed by atoms with E-state index in [0.29, 0.717) is 5.56 Å². The van der Waals surface area contributed by atoms with E-state index >= 15 is 0 Å². The second-order valence-electron chi connectivity index (χ2n) is 4.29. The van der Waals surface area contributed by atoms with Crippen molar-refractivity contribution in [3.63, 3.8) is 0 Å². The first kappa shape index (κ1) is 14.2. The van der Waals surface area contributed by atoms with Gasteiger partial charge in [0.1, 0.15) is 6.04 Å². The van der Waals surface area contributed by atoms with Crippen LogP contribution in [0.1, 0.15) is 25.5 Å². The van der Waals surface area contributed by atoms with Gasteiger partial charge in [0.05, 0.1) is 6.54 Å². The fraction of sp³-hybridized carbons (Fsp3) is 0.385. The zero-order valence-electron chi connectivity index (χ0n) is 10.5. The van der Waals surface area contributed by atoms with E-state index in [9.17, 15) is 9.59 Å². The van der Waals surface area contributed by atoms with Crippen molar-refractivity contribution in [2.75, 3.05) is 6.54 Å². The Kier molecular flexibility index (Phi) is 5.32. The highest BCUT2D eigenvalue weighted by Crippen LogP contribution is 2.11. The van der Waals surface area contributed by atoms with Gasteiger partial charge in [-0.15, -0.1) is 0 Å². The van der Waals surface area contributed by atoms with Gasteiger partial charge in [0.2, 0.25) is 5.91 Å². The predicted molar refractivity (Wildman–Crippen MR) is 68.1 cm³/mol. The Hall–Kier alpha value is -1.88. The van der Waals surface area contributed by atoms with Crippen LogP contribution in [-0.4, -0.2) is 29.6 Å². The number of benzene rings is 1. The maximum absolute atomic E-state index is 11.4. The zero-order chi connectivity index (χ0) is 13.5. The number of carboxylic acids is 1. The molecule has 0 bridgehead atoms. The lowest BCUT2D eigenvalue weighted by Gasteiger charge is -2.15. The van der Waals surface area contributed by atoms with Crippen LogP contribution in [0.3, 0.4) is 0 Å². The molecule has 0 aliphatic rings. The number of hydrogen-bond donors (Lipinski definition) is 3. The molecule has 0 saturated heterocycles. The number of amides is 1. The normalized spacial score (nSPS) is 12.2. The van der Waals surface area contributed by atoms with Gasteiger partial charge in [0.25, 0.3) is 0 Å². The van der Waals surface area contributed by atoms with Gasteiger partial charge in [-0.05, 0) is 19.4 Å². The van der Waals surface area contributed by atoms with Gasteiger partial charge in [0.15, 0.2) is 0 Å². The Morgan fingerprint density at radius 1 is 1.22 bits per heavy atom. The first-order valence-electron chi connectivity index (χ1n) is 5.81. The topological polar surface area (TPSA) is 78.4 Å². The van der Waals surface area contributed by atoms with Gasteiger partial charge in [-0.3, -0.25) is 14.9 Å². The third-order valence-electron chi connectivity index (χ3n) is 2.30. The average molecular weight is 250 g/mol. The Balaban J connectivity index is 2.60. The van der Waals surface area contributed by atoms with Crippen molar-refractivity contribution < 1.29 is 14.7 Å². The summed E-state index contributed by atoms with van der Waals surface area (Å²) in [7, 11) is 0. The summed E-state index contributed by atoms with van der Waals surface area (Å²) in [4.78, 5) is 22.6. The number of aliphatic carboxylic acids is 1. The molecule has 1 atom stereocenters. The van der Waals surface area contributed by atoms with Gasteiger partial charge in [-0.2, -0.15) is 0 Å². The van der Waals surface area contributed by atoms with Crippen molar-refractivity contribution in [3.8, 4) is 0 Å². The first-order valence-corrected chi connectivity index (χ1v) is 5.81. The lowest BCUT2D eigenvalue weighted by molar-refractivity contribution is -0.139. The van der Waals surface area contributed by atoms with E-state index in [1.54, 1.807) is 24.3 Å². The molecule has 0 aromatic heterocycles. The van der Waals surface area contributed by atoms with Gasteiger partial charge >= 0.3 is 5.97 Å². The van der Waals surface area contributed by atoms with E-state index in [0.717, 1.165) is 0 Å². The highest BCUT2D eigenvalue weighted by molar-refractivity contribution is 5.80. The smallest absolute Gasteiger partial charge is 0.325 e. The van der Waals surface area contributed by atoms with E-state index < -0.39 is 12.0 Å². The molecular weight excluding hydrogens is 232 g/mol. The van der Waals surface area contributed by atoms with Crippen LogP contribution in [-0.2, 0) is 9.59 Å². The molecule has 0 saturated carbocycles. The Labute approximate surface area is 106 Å². The second kappa shape index (κ2) is 6.76. The molecule has 3 N–H and O–H groups in total. The fourth-order valence-corrected chi connectivity index (χ4v) is 1.56. The van der Waals surface area contributed by atoms with Crippen molar-refractivity contribution >= 4 is 11.9 Å². The van der Waals surface area contributed by atoms with Crippen LogP contribution < -0.4 is 10.6 Å². The lowest BCUT2D eigenvalue weighted by Crippen LogP contribution is -2.40. The molecule has 1 amide bonds. The molecule has 1 aromatic carbocycles. The molecule has 0 heterocycles. The molecule has 18 heavy (non-hydrogen) atoms. The van der Waals surface area contributed by atoms with Crippen LogP contribution in [0.5, 0.6) is 0 Å². The monoisotopic (exact) mass is 250 g/mol. The van der Waals surface area contributed by atoms with Crippen molar-refractivity contribution in [2.24, 2.45) is 0 Å². The predicted octanol–water partition coefficient (Wildman–Crippen LogP) is 0.926. The van der Waals surface area contributed by atoms with E-state index in [2.05, 4.69) is 10.6 Å². The van der Waals surface area contributed by atoms with Gasteiger partial charge in [-0.25, -0.2) is 0 Å². The molecule has 0 radical (unpaired) electrons. The first-order chi connectivity index (χ1) is 8.50. The van der Waals surface area contributed by atoms with E-state index in [1.165, 1.54) is 0 Å². The van der Waals surface area contributed by atoms with Crippen LogP contribution in [0.4, 0.5) is 0 Å². The quantitative estimate of drug-likeness (QED) is 0.701. The third-order valence-corrected chi connectivity index (χ3v) is 2.30. The molecule has 0 spiro atoms. The molecular formula is C13H18N2O3. The summed E-state index contributed by atoms with van der Waals surface area (Å²) in [6.45, 7) is 3.68. The van der Waals surface area contributed by atoms with Gasteiger partial charge < -0.3 is 10.4 Å². The van der Waals surface area contributed by atoms with E-state index in [1.807, 2.05) is 19.9 Å². The second-order valence-corrected chi connectivity index (χ2v) is 4.29. The minimum atomic E-state index is -1.00. The molecule has 1 aromatic rings. The number of nitrogens with one attached hydrogen (secondary N) is 2. The highest BCUT2D eigenvalue weighted by atomic mass is 16.4. The van der Waals surface area contributed by atoms with Crippen LogP contribution in [0.2, 0.25) is 0 Å². The van der Waals surface area contributed by atoms with Crippen molar-refractivity contribution in [1.82, 2.24) is 10.6 Å². The summed E-state index contributed by atoms with van der Waals surface area (Å²) in [6, 6.07) is 7.94. The summed E-state index contributed by atoms with van der Waals surface area (Å²) in [5.41, 5.74) is 0.627. The molecule has 1 rings (SSSR count). The Morgan fingerprint density at radius 3 is 2.33 bits per heavy atom. The maximum atomic E-state index is 11.4. The molecule has 5 nitrogen and oxygen atoms in total. The number of hydrogen-bond acceptors (Lipinski definition) is 3. The third kappa shape index (κ3) is 4.55. The minimum absolute atomic E-state index is 0.0238. The molecule has 98 valence electrons. The summed E-state index contributed by atoms with van der Waals surface area (Å²) >= 11 is 0. The van der Waals surface area contributed by atoms with Crippen LogP contribution >= 0.6 is 0 Å². The Bertz CT molecular complexity index is 404. The maximum Gasteiger partial charge on any atom is 0.325 e. The van der Waals surface area contributed by atoms with Crippen molar-refractivity contribution in [3.05, 3.63) is 35.9 Å². The number of carboxylic acid groups (broad SMARTS) is 1.